The van der Waals surface area contributed by atoms with Crippen molar-refractivity contribution in [1.82, 2.24) is 10.6 Å². The van der Waals surface area contributed by atoms with Crippen molar-refractivity contribution >= 4 is 29.5 Å². The number of carboxylic acid groups (broad SMARTS) is 2. The Hall–Kier alpha value is -3.03. The maximum absolute atomic E-state index is 12.3. The van der Waals surface area contributed by atoms with Crippen LogP contribution < -0.4 is 22.1 Å². The van der Waals surface area contributed by atoms with Crippen molar-refractivity contribution in [3.8, 4) is 0 Å². The van der Waals surface area contributed by atoms with E-state index in [0.29, 0.717) is 0 Å². The fourth-order valence-electron chi connectivity index (χ4n) is 2.14. The van der Waals surface area contributed by atoms with Crippen LogP contribution in [0.4, 0.5) is 0 Å². The highest BCUT2D eigenvalue weighted by Gasteiger charge is 2.52. The number of hydrogen-bond donors (Lipinski definition) is 8. The van der Waals surface area contributed by atoms with Gasteiger partial charge in [0, 0.05) is 6.54 Å². The Bertz CT molecular complexity index is 673. The molecule has 13 nitrogen and oxygen atoms in total. The zero-order valence-electron chi connectivity index (χ0n) is 13.3. The van der Waals surface area contributed by atoms with E-state index in [1.807, 2.05) is 0 Å². The van der Waals surface area contributed by atoms with E-state index in [9.17, 15) is 39.3 Å². The summed E-state index contributed by atoms with van der Waals surface area (Å²) in [7, 11) is 0. The van der Waals surface area contributed by atoms with E-state index in [4.69, 9.17) is 16.6 Å². The fraction of sp³-hybridized carbons (Fsp3) is 0.462. The number of ketones is 1. The molecule has 0 saturated heterocycles. The number of aliphatic hydroxyl groups excluding tert-OH is 2. The Morgan fingerprint density at radius 1 is 1.23 bits per heavy atom. The van der Waals surface area contributed by atoms with Crippen LogP contribution in [0.1, 0.15) is 6.42 Å². The number of hydrogen-bond acceptors (Lipinski definition) is 9. The maximum atomic E-state index is 12.3. The van der Waals surface area contributed by atoms with Crippen LogP contribution in [0.25, 0.3) is 0 Å². The van der Waals surface area contributed by atoms with Crippen LogP contribution in [-0.4, -0.2) is 80.7 Å². The molecule has 2 atom stereocenters. The number of amides is 2. The number of carbonyl (C=O) groups excluding carboxylic acids is 3. The molecule has 0 aromatic heterocycles. The summed E-state index contributed by atoms with van der Waals surface area (Å²) in [5.41, 5.74) is 6.46. The number of nitrogens with two attached hydrogens (primary N) is 2. The molecule has 1 heterocycles. The fourth-order valence-corrected chi connectivity index (χ4v) is 2.14. The third-order valence-corrected chi connectivity index (χ3v) is 3.66. The number of aliphatic hydroxyl groups is 2. The second kappa shape index (κ2) is 7.90. The highest BCUT2D eigenvalue weighted by atomic mass is 16.4. The van der Waals surface area contributed by atoms with Gasteiger partial charge in [0.2, 0.25) is 11.4 Å². The first-order valence-electron chi connectivity index (χ1n) is 7.14. The van der Waals surface area contributed by atoms with E-state index in [1.165, 1.54) is 0 Å². The van der Waals surface area contributed by atoms with Gasteiger partial charge in [-0.1, -0.05) is 0 Å². The van der Waals surface area contributed by atoms with Gasteiger partial charge in [0.1, 0.15) is 17.4 Å². The zero-order valence-corrected chi connectivity index (χ0v) is 13.3. The molecule has 0 unspecified atom stereocenters. The van der Waals surface area contributed by atoms with Crippen molar-refractivity contribution in [2.45, 2.75) is 24.0 Å². The third kappa shape index (κ3) is 3.79. The molecule has 0 radical (unpaired) electrons. The van der Waals surface area contributed by atoms with Crippen LogP contribution in [0.5, 0.6) is 0 Å². The number of carbonyl (C=O) groups is 5. The highest BCUT2D eigenvalue weighted by molar-refractivity contribution is 6.24. The maximum Gasteiger partial charge on any atom is 0.341 e. The molecule has 26 heavy (non-hydrogen) atoms. The lowest BCUT2D eigenvalue weighted by Crippen LogP contribution is -2.64. The van der Waals surface area contributed by atoms with Crippen LogP contribution in [0, 0.1) is 0 Å². The predicted octanol–water partition coefficient (Wildman–Crippen LogP) is -4.44. The molecule has 0 saturated carbocycles. The quantitative estimate of drug-likeness (QED) is 0.141. The third-order valence-electron chi connectivity index (χ3n) is 3.66. The van der Waals surface area contributed by atoms with Gasteiger partial charge in [-0.2, -0.15) is 0 Å². The van der Waals surface area contributed by atoms with Gasteiger partial charge in [0.25, 0.3) is 5.91 Å². The molecule has 0 fully saturated rings. The van der Waals surface area contributed by atoms with Crippen LogP contribution in [-0.2, 0) is 24.0 Å². The lowest BCUT2D eigenvalue weighted by atomic mass is 9.89. The summed E-state index contributed by atoms with van der Waals surface area (Å²) in [6, 6.07) is -2.73. The Kier molecular flexibility index (Phi) is 6.39. The molecular weight excluding hydrogens is 356 g/mol. The van der Waals surface area contributed by atoms with Crippen LogP contribution in [0.2, 0.25) is 0 Å². The minimum atomic E-state index is -3.17. The average Bonchev–Trinajstić information content (AvgIpc) is 2.86. The van der Waals surface area contributed by atoms with E-state index < -0.39 is 71.5 Å². The predicted molar refractivity (Wildman–Crippen MR) is 81.5 cm³/mol. The molecule has 1 aliphatic rings. The van der Waals surface area contributed by atoms with Gasteiger partial charge in [0.15, 0.2) is 5.78 Å². The van der Waals surface area contributed by atoms with Crippen LogP contribution in [0.3, 0.4) is 0 Å². The highest BCUT2D eigenvalue weighted by Crippen LogP contribution is 2.22. The summed E-state index contributed by atoms with van der Waals surface area (Å²) >= 11 is 0. The lowest BCUT2D eigenvalue weighted by Gasteiger charge is -2.26. The molecule has 1 rings (SSSR count). The smallest absolute Gasteiger partial charge is 0.341 e. The summed E-state index contributed by atoms with van der Waals surface area (Å²) in [4.78, 5) is 58.8. The first-order valence-corrected chi connectivity index (χ1v) is 7.14. The van der Waals surface area contributed by atoms with E-state index in [0.717, 1.165) is 0 Å². The molecule has 1 aliphatic heterocycles. The average molecular weight is 374 g/mol. The van der Waals surface area contributed by atoms with E-state index in [2.05, 4.69) is 5.32 Å². The monoisotopic (exact) mass is 374 g/mol. The van der Waals surface area contributed by atoms with Gasteiger partial charge in [-0.15, -0.1) is 0 Å². The summed E-state index contributed by atoms with van der Waals surface area (Å²) < 4.78 is 0. The van der Waals surface area contributed by atoms with Gasteiger partial charge in [-0.05, 0) is 0 Å². The molecule has 2 amide bonds. The van der Waals surface area contributed by atoms with Crippen molar-refractivity contribution in [3.63, 3.8) is 0 Å². The minimum absolute atomic E-state index is 0.264. The summed E-state index contributed by atoms with van der Waals surface area (Å²) in [5, 5.41) is 40.9. The van der Waals surface area contributed by atoms with Crippen LogP contribution in [0.15, 0.2) is 11.3 Å². The molecule has 13 heteroatoms. The molecule has 144 valence electrons. The number of aliphatic carboxylic acids is 2. The van der Waals surface area contributed by atoms with Gasteiger partial charge in [-0.25, -0.2) is 9.59 Å². The number of carboxylic acids is 2. The first-order chi connectivity index (χ1) is 12.0. The molecule has 10 N–H and O–H groups in total. The number of Topliss-reactive ketones (excluding diaryl/α,β-unsaturated/α-hetero) is 1. The van der Waals surface area contributed by atoms with Crippen molar-refractivity contribution in [2.24, 2.45) is 11.5 Å². The summed E-state index contributed by atoms with van der Waals surface area (Å²) in [6.45, 7) is -1.18. The summed E-state index contributed by atoms with van der Waals surface area (Å²) in [6.07, 6.45) is -1.40. The van der Waals surface area contributed by atoms with Gasteiger partial charge < -0.3 is 42.5 Å². The summed E-state index contributed by atoms with van der Waals surface area (Å²) in [5.74, 6) is -8.76. The minimum Gasteiger partial charge on any atom is -0.509 e. The van der Waals surface area contributed by atoms with Crippen molar-refractivity contribution in [1.29, 1.82) is 0 Å². The largest absolute Gasteiger partial charge is 0.509 e. The number of nitrogens with one attached hydrogen (secondary N) is 2. The Balaban J connectivity index is 3.26. The Labute approximate surface area is 145 Å². The topological polar surface area (TPSA) is 242 Å². The second-order valence-corrected chi connectivity index (χ2v) is 5.42. The standard InChI is InChI=1S/C13H18N4O9/c14-2-5-8(20)7(10(22)16-5)6(19)1-13(11(23)24,12(25)26)17-9(21)4(15)3-18/h4-5,18,20H,1-3,14-15H2,(H,16,22)(H,17,21)(H,23,24)(H,25,26)/t4-,5+/m0/s1. The molecule has 0 aromatic rings. The van der Waals surface area contributed by atoms with E-state index >= 15 is 0 Å². The SMILES string of the molecule is NC[C@H]1NC(=O)C(C(=O)CC(NC(=O)[C@@H](N)CO)(C(=O)O)C(=O)O)=C1O. The first kappa shape index (κ1) is 21.0. The molecule has 0 aliphatic carbocycles. The molecular formula is C13H18N4O9. The normalized spacial score (nSPS) is 18.3. The van der Waals surface area contributed by atoms with E-state index in [1.54, 1.807) is 5.32 Å². The van der Waals surface area contributed by atoms with Gasteiger partial charge in [0.05, 0.1) is 19.1 Å². The van der Waals surface area contributed by atoms with Crippen molar-refractivity contribution in [2.75, 3.05) is 13.2 Å². The Morgan fingerprint density at radius 3 is 2.15 bits per heavy atom. The molecule has 0 aromatic carbocycles. The van der Waals surface area contributed by atoms with Crippen molar-refractivity contribution in [3.05, 3.63) is 11.3 Å². The molecule has 0 spiro atoms. The number of rotatable bonds is 9. The second-order valence-electron chi connectivity index (χ2n) is 5.42. The lowest BCUT2D eigenvalue weighted by molar-refractivity contribution is -0.163. The van der Waals surface area contributed by atoms with E-state index in [-0.39, 0.29) is 6.54 Å². The van der Waals surface area contributed by atoms with Crippen LogP contribution >= 0.6 is 0 Å². The Morgan fingerprint density at radius 2 is 1.77 bits per heavy atom. The zero-order chi connectivity index (χ0) is 20.2. The van der Waals surface area contributed by atoms with Gasteiger partial charge >= 0.3 is 11.9 Å². The molecule has 0 bridgehead atoms. The van der Waals surface area contributed by atoms with Crippen molar-refractivity contribution < 1.29 is 44.4 Å². The van der Waals surface area contributed by atoms with Gasteiger partial charge in [-0.3, -0.25) is 14.4 Å².